The molecule has 21 heavy (non-hydrogen) atoms. The van der Waals surface area contributed by atoms with Gasteiger partial charge in [-0.3, -0.25) is 4.79 Å². The monoisotopic (exact) mass is 288 g/mol. The fourth-order valence-electron chi connectivity index (χ4n) is 5.82. The molecule has 0 amide bonds. The first-order chi connectivity index (χ1) is 9.90. The van der Waals surface area contributed by atoms with Crippen LogP contribution in [0.15, 0.2) is 11.6 Å². The first-order valence-corrected chi connectivity index (χ1v) is 9.14. The highest BCUT2D eigenvalue weighted by Gasteiger charge is 2.51. The van der Waals surface area contributed by atoms with Crippen molar-refractivity contribution in [3.8, 4) is 0 Å². The van der Waals surface area contributed by atoms with E-state index < -0.39 is 0 Å². The second-order valence-corrected chi connectivity index (χ2v) is 8.56. The highest BCUT2D eigenvalue weighted by Crippen LogP contribution is 2.60. The third-order valence-corrected chi connectivity index (χ3v) is 7.85. The molecule has 0 heterocycles. The maximum absolute atomic E-state index is 11.8. The Hall–Kier alpha value is -0.590. The van der Waals surface area contributed by atoms with Crippen molar-refractivity contribution in [2.45, 2.75) is 79.1 Å². The van der Waals surface area contributed by atoms with Crippen LogP contribution in [0.25, 0.3) is 0 Å². The molecule has 0 saturated heterocycles. The molecule has 118 valence electrons. The molecule has 3 aliphatic carbocycles. The van der Waals surface area contributed by atoms with E-state index in [0.717, 1.165) is 37.0 Å². The minimum atomic E-state index is 0.301. The van der Waals surface area contributed by atoms with Gasteiger partial charge in [-0.1, -0.05) is 33.3 Å². The van der Waals surface area contributed by atoms with Gasteiger partial charge < -0.3 is 0 Å². The van der Waals surface area contributed by atoms with Gasteiger partial charge in [-0.05, 0) is 79.6 Å². The third-order valence-electron chi connectivity index (χ3n) is 7.85. The summed E-state index contributed by atoms with van der Waals surface area (Å²) >= 11 is 0. The Morgan fingerprint density at radius 2 is 1.90 bits per heavy atom. The van der Waals surface area contributed by atoms with Crippen molar-refractivity contribution < 1.29 is 4.79 Å². The predicted molar refractivity (Wildman–Crippen MR) is 88.1 cm³/mol. The topological polar surface area (TPSA) is 17.1 Å². The molecule has 0 bridgehead atoms. The van der Waals surface area contributed by atoms with Crippen molar-refractivity contribution in [1.29, 1.82) is 0 Å². The predicted octanol–water partition coefficient (Wildman–Crippen LogP) is 5.54. The normalized spacial score (nSPS) is 47.1. The van der Waals surface area contributed by atoms with Crippen LogP contribution in [0.4, 0.5) is 0 Å². The highest BCUT2D eigenvalue weighted by molar-refractivity contribution is 5.91. The van der Waals surface area contributed by atoms with E-state index in [1.807, 2.05) is 6.08 Å². The summed E-state index contributed by atoms with van der Waals surface area (Å²) in [6, 6.07) is 0. The third kappa shape index (κ3) is 2.32. The lowest BCUT2D eigenvalue weighted by Crippen LogP contribution is -2.41. The molecule has 0 radical (unpaired) electrons. The SMILES string of the molecule is CCC1=CC(=O)CCC1(C)C1CCC2(C)C(C)CCC2C1. The van der Waals surface area contributed by atoms with Crippen LogP contribution in [-0.2, 0) is 4.79 Å². The number of carbonyl (C=O) groups excluding carboxylic acids is 1. The molecule has 5 atom stereocenters. The summed E-state index contributed by atoms with van der Waals surface area (Å²) in [5.41, 5.74) is 2.35. The lowest BCUT2D eigenvalue weighted by molar-refractivity contribution is -0.116. The van der Waals surface area contributed by atoms with Gasteiger partial charge in [0, 0.05) is 6.42 Å². The van der Waals surface area contributed by atoms with Gasteiger partial charge in [0.05, 0.1) is 0 Å². The van der Waals surface area contributed by atoms with Gasteiger partial charge in [-0.2, -0.15) is 0 Å². The number of carbonyl (C=O) groups is 1. The van der Waals surface area contributed by atoms with E-state index in [1.54, 1.807) is 0 Å². The van der Waals surface area contributed by atoms with Crippen LogP contribution < -0.4 is 0 Å². The molecule has 2 saturated carbocycles. The van der Waals surface area contributed by atoms with Crippen LogP contribution in [0, 0.1) is 28.6 Å². The van der Waals surface area contributed by atoms with Crippen molar-refractivity contribution in [3.63, 3.8) is 0 Å². The first kappa shape index (κ1) is 15.3. The van der Waals surface area contributed by atoms with Crippen LogP contribution in [0.3, 0.4) is 0 Å². The van der Waals surface area contributed by atoms with Crippen LogP contribution >= 0.6 is 0 Å². The van der Waals surface area contributed by atoms with Gasteiger partial charge in [0.15, 0.2) is 5.78 Å². The Bertz CT molecular complexity index is 462. The van der Waals surface area contributed by atoms with E-state index in [9.17, 15) is 4.79 Å². The molecule has 0 aliphatic heterocycles. The number of rotatable bonds is 2. The van der Waals surface area contributed by atoms with E-state index in [1.165, 1.54) is 37.7 Å². The maximum Gasteiger partial charge on any atom is 0.155 e. The molecule has 0 aromatic heterocycles. The molecule has 0 aromatic carbocycles. The molecule has 0 aromatic rings. The van der Waals surface area contributed by atoms with E-state index in [4.69, 9.17) is 0 Å². The summed E-state index contributed by atoms with van der Waals surface area (Å²) in [4.78, 5) is 11.8. The Morgan fingerprint density at radius 3 is 2.62 bits per heavy atom. The molecule has 2 fully saturated rings. The Balaban J connectivity index is 1.82. The van der Waals surface area contributed by atoms with Crippen LogP contribution in [0.1, 0.15) is 79.1 Å². The summed E-state index contributed by atoms with van der Waals surface area (Å²) in [5.74, 6) is 3.00. The smallest absolute Gasteiger partial charge is 0.155 e. The summed E-state index contributed by atoms with van der Waals surface area (Å²) in [7, 11) is 0. The van der Waals surface area contributed by atoms with Crippen molar-refractivity contribution in [3.05, 3.63) is 11.6 Å². The summed E-state index contributed by atoms with van der Waals surface area (Å²) < 4.78 is 0. The average Bonchev–Trinajstić information content (AvgIpc) is 2.77. The van der Waals surface area contributed by atoms with Crippen LogP contribution in [-0.4, -0.2) is 5.78 Å². The molecule has 1 heteroatoms. The van der Waals surface area contributed by atoms with Crippen molar-refractivity contribution in [2.24, 2.45) is 28.6 Å². The fourth-order valence-corrected chi connectivity index (χ4v) is 5.82. The largest absolute Gasteiger partial charge is 0.295 e. The number of hydrogen-bond acceptors (Lipinski definition) is 1. The van der Waals surface area contributed by atoms with Crippen molar-refractivity contribution >= 4 is 5.78 Å². The standard InChI is InChI=1S/C20H32O/c1-5-15-13-18(21)9-11-20(15,4)17-8-10-19(3)14(2)6-7-16(19)12-17/h13-14,16-17H,5-12H2,1-4H3. The lowest BCUT2D eigenvalue weighted by atomic mass is 9.54. The van der Waals surface area contributed by atoms with Gasteiger partial charge in [0.1, 0.15) is 0 Å². The highest BCUT2D eigenvalue weighted by atomic mass is 16.1. The van der Waals surface area contributed by atoms with E-state index in [-0.39, 0.29) is 0 Å². The quantitative estimate of drug-likeness (QED) is 0.651. The Labute approximate surface area is 130 Å². The van der Waals surface area contributed by atoms with Gasteiger partial charge in [-0.25, -0.2) is 0 Å². The van der Waals surface area contributed by atoms with Crippen molar-refractivity contribution in [1.82, 2.24) is 0 Å². The zero-order valence-corrected chi connectivity index (χ0v) is 14.4. The van der Waals surface area contributed by atoms with Gasteiger partial charge in [0.25, 0.3) is 0 Å². The minimum absolute atomic E-state index is 0.301. The molecule has 1 nitrogen and oxygen atoms in total. The zero-order valence-electron chi connectivity index (χ0n) is 14.4. The molecule has 5 unspecified atom stereocenters. The van der Waals surface area contributed by atoms with Gasteiger partial charge >= 0.3 is 0 Å². The second kappa shape index (κ2) is 5.25. The van der Waals surface area contributed by atoms with Crippen molar-refractivity contribution in [2.75, 3.05) is 0 Å². The molecule has 3 aliphatic rings. The number of allylic oxidation sites excluding steroid dienone is 2. The Kier molecular flexibility index (Phi) is 3.83. The second-order valence-electron chi connectivity index (χ2n) is 8.56. The van der Waals surface area contributed by atoms with E-state index in [2.05, 4.69) is 27.7 Å². The number of fused-ring (bicyclic) bond motifs is 1. The average molecular weight is 288 g/mol. The van der Waals surface area contributed by atoms with Crippen LogP contribution in [0.2, 0.25) is 0 Å². The Morgan fingerprint density at radius 1 is 1.14 bits per heavy atom. The molecular formula is C20H32O. The first-order valence-electron chi connectivity index (χ1n) is 9.14. The summed E-state index contributed by atoms with van der Waals surface area (Å²) in [5, 5.41) is 0. The fraction of sp³-hybridized carbons (Fsp3) is 0.850. The van der Waals surface area contributed by atoms with Gasteiger partial charge in [-0.15, -0.1) is 0 Å². The van der Waals surface area contributed by atoms with Crippen LogP contribution in [0.5, 0.6) is 0 Å². The molecule has 0 N–H and O–H groups in total. The lowest BCUT2D eigenvalue weighted by Gasteiger charge is -2.50. The minimum Gasteiger partial charge on any atom is -0.295 e. The van der Waals surface area contributed by atoms with E-state index in [0.29, 0.717) is 16.6 Å². The van der Waals surface area contributed by atoms with E-state index >= 15 is 0 Å². The molecular weight excluding hydrogens is 256 g/mol. The zero-order chi connectivity index (χ0) is 15.3. The number of hydrogen-bond donors (Lipinski definition) is 0. The molecule has 3 rings (SSSR count). The number of ketones is 1. The summed E-state index contributed by atoms with van der Waals surface area (Å²) in [6.07, 6.45) is 12.0. The summed E-state index contributed by atoms with van der Waals surface area (Å²) in [6.45, 7) is 9.71. The van der Waals surface area contributed by atoms with Gasteiger partial charge in [0.2, 0.25) is 0 Å². The molecule has 0 spiro atoms. The maximum atomic E-state index is 11.8.